The molecule has 0 aliphatic rings. The number of hydrogen-bond acceptors (Lipinski definition) is 5. The van der Waals surface area contributed by atoms with Gasteiger partial charge in [-0.2, -0.15) is 0 Å². The highest BCUT2D eigenvalue weighted by Crippen LogP contribution is 2.21. The van der Waals surface area contributed by atoms with Crippen molar-refractivity contribution in [1.82, 2.24) is 0 Å². The van der Waals surface area contributed by atoms with Crippen molar-refractivity contribution in [1.29, 1.82) is 0 Å². The monoisotopic (exact) mass is 337 g/mol. The molecule has 4 N–H and O–H groups in total. The average molecular weight is 337 g/mol. The molecule has 0 saturated carbocycles. The van der Waals surface area contributed by atoms with Gasteiger partial charge in [0.05, 0.1) is 12.8 Å². The number of amides is 2. The lowest BCUT2D eigenvalue weighted by Gasteiger charge is -2.04. The maximum atomic E-state index is 11.8. The van der Waals surface area contributed by atoms with Crippen LogP contribution in [-0.4, -0.2) is 18.9 Å². The van der Waals surface area contributed by atoms with E-state index in [0.29, 0.717) is 28.0 Å². The Kier molecular flexibility index (Phi) is 4.21. The molecule has 7 nitrogen and oxygen atoms in total. The number of nitrogens with two attached hydrogens (primary N) is 2. The van der Waals surface area contributed by atoms with E-state index in [1.54, 1.807) is 43.5 Å². The number of methoxy groups -OCH3 is 1. The molecule has 1 aromatic heterocycles. The summed E-state index contributed by atoms with van der Waals surface area (Å²) in [7, 11) is 1.55. The first-order chi connectivity index (χ1) is 12.0. The molecular formula is C18H15N3O4. The standard InChI is InChI=1S/C18H15N3O4/c1-24-13-6-7-15-11(8-13)9-14(17(20)23)18(25-15)21-12-4-2-10(3-5-12)16(19)22/h2-9H,1H3,(H2,19,22)(H2,20,23). The third-order valence-corrected chi connectivity index (χ3v) is 3.60. The molecule has 0 unspecified atom stereocenters. The second-order valence-electron chi connectivity index (χ2n) is 5.26. The lowest BCUT2D eigenvalue weighted by Crippen LogP contribution is -2.21. The minimum atomic E-state index is -0.666. The van der Waals surface area contributed by atoms with Crippen molar-refractivity contribution < 1.29 is 18.7 Å². The second kappa shape index (κ2) is 6.48. The van der Waals surface area contributed by atoms with Gasteiger partial charge in [0.2, 0.25) is 11.5 Å². The third kappa shape index (κ3) is 3.35. The molecule has 0 aliphatic carbocycles. The molecule has 7 heteroatoms. The second-order valence-corrected chi connectivity index (χ2v) is 5.26. The molecule has 0 aliphatic heterocycles. The maximum absolute atomic E-state index is 11.8. The van der Waals surface area contributed by atoms with Crippen molar-refractivity contribution in [2.24, 2.45) is 16.5 Å². The summed E-state index contributed by atoms with van der Waals surface area (Å²) in [5, 5.41) is 0.663. The zero-order valence-electron chi connectivity index (χ0n) is 13.4. The van der Waals surface area contributed by atoms with Crippen LogP contribution < -0.4 is 21.8 Å². The van der Waals surface area contributed by atoms with Gasteiger partial charge >= 0.3 is 0 Å². The normalized spacial score (nSPS) is 11.5. The average Bonchev–Trinajstić information content (AvgIpc) is 2.61. The quantitative estimate of drug-likeness (QED) is 0.754. The Bertz CT molecular complexity index is 1040. The molecule has 0 bridgehead atoms. The van der Waals surface area contributed by atoms with Gasteiger partial charge in [0.1, 0.15) is 16.9 Å². The number of primary amides is 2. The highest BCUT2D eigenvalue weighted by Gasteiger charge is 2.10. The largest absolute Gasteiger partial charge is 0.497 e. The number of nitrogens with zero attached hydrogens (tertiary/aromatic N) is 1. The van der Waals surface area contributed by atoms with Gasteiger partial charge in [-0.05, 0) is 48.5 Å². The van der Waals surface area contributed by atoms with Gasteiger partial charge in [-0.3, -0.25) is 9.59 Å². The van der Waals surface area contributed by atoms with E-state index in [2.05, 4.69) is 4.99 Å². The van der Waals surface area contributed by atoms with Crippen molar-refractivity contribution >= 4 is 28.5 Å². The molecule has 126 valence electrons. The van der Waals surface area contributed by atoms with Crippen LogP contribution >= 0.6 is 0 Å². The van der Waals surface area contributed by atoms with E-state index in [1.807, 2.05) is 0 Å². The van der Waals surface area contributed by atoms with Gasteiger partial charge in [0.25, 0.3) is 5.91 Å². The third-order valence-electron chi connectivity index (χ3n) is 3.60. The number of rotatable bonds is 4. The van der Waals surface area contributed by atoms with Crippen LogP contribution in [0.4, 0.5) is 5.69 Å². The van der Waals surface area contributed by atoms with Crippen molar-refractivity contribution in [3.05, 3.63) is 65.2 Å². The lowest BCUT2D eigenvalue weighted by atomic mass is 10.1. The molecule has 0 atom stereocenters. The van der Waals surface area contributed by atoms with Crippen LogP contribution in [0.5, 0.6) is 5.75 Å². The lowest BCUT2D eigenvalue weighted by molar-refractivity contribution is 0.0989. The molecule has 3 aromatic rings. The summed E-state index contributed by atoms with van der Waals surface area (Å²) < 4.78 is 10.9. The number of carbonyl (C=O) groups excluding carboxylic acids is 2. The predicted octanol–water partition coefficient (Wildman–Crippen LogP) is 1.87. The number of fused-ring (bicyclic) bond motifs is 1. The van der Waals surface area contributed by atoms with Crippen molar-refractivity contribution in [2.75, 3.05) is 7.11 Å². The van der Waals surface area contributed by atoms with Gasteiger partial charge in [0.15, 0.2) is 0 Å². The van der Waals surface area contributed by atoms with E-state index in [-0.39, 0.29) is 11.1 Å². The van der Waals surface area contributed by atoms with Crippen LogP contribution in [0.3, 0.4) is 0 Å². The van der Waals surface area contributed by atoms with Gasteiger partial charge in [-0.1, -0.05) is 0 Å². The van der Waals surface area contributed by atoms with Crippen molar-refractivity contribution in [2.45, 2.75) is 0 Å². The van der Waals surface area contributed by atoms with Crippen LogP contribution in [0.2, 0.25) is 0 Å². The van der Waals surface area contributed by atoms with Crippen LogP contribution in [0.25, 0.3) is 11.0 Å². The zero-order chi connectivity index (χ0) is 18.0. The number of hydrogen-bond donors (Lipinski definition) is 2. The molecular weight excluding hydrogens is 322 g/mol. The highest BCUT2D eigenvalue weighted by atomic mass is 16.5. The van der Waals surface area contributed by atoms with E-state index >= 15 is 0 Å². The fraction of sp³-hybridized carbons (Fsp3) is 0.0556. The molecule has 1 heterocycles. The Morgan fingerprint density at radius 2 is 1.72 bits per heavy atom. The van der Waals surface area contributed by atoms with E-state index in [0.717, 1.165) is 0 Å². The van der Waals surface area contributed by atoms with Crippen LogP contribution in [-0.2, 0) is 0 Å². The molecule has 2 amide bonds. The van der Waals surface area contributed by atoms with Gasteiger partial charge in [-0.25, -0.2) is 4.99 Å². The SMILES string of the molecule is COc1ccc2oc(=Nc3ccc(C(N)=O)cc3)c(C(N)=O)cc2c1. The van der Waals surface area contributed by atoms with Crippen molar-refractivity contribution in [3.63, 3.8) is 0 Å². The molecule has 0 radical (unpaired) electrons. The van der Waals surface area contributed by atoms with E-state index < -0.39 is 11.8 Å². The summed E-state index contributed by atoms with van der Waals surface area (Å²) in [5.74, 6) is -0.570. The molecule has 25 heavy (non-hydrogen) atoms. The van der Waals surface area contributed by atoms with Crippen LogP contribution in [0.15, 0.2) is 57.9 Å². The fourth-order valence-corrected chi connectivity index (χ4v) is 2.31. The van der Waals surface area contributed by atoms with Crippen molar-refractivity contribution in [3.8, 4) is 5.75 Å². The summed E-state index contributed by atoms with van der Waals surface area (Å²) >= 11 is 0. The number of carbonyl (C=O) groups is 2. The summed E-state index contributed by atoms with van der Waals surface area (Å²) in [6, 6.07) is 13.1. The fourth-order valence-electron chi connectivity index (χ4n) is 2.31. The summed E-state index contributed by atoms with van der Waals surface area (Å²) in [5.41, 5.74) is 12.2. The van der Waals surface area contributed by atoms with Gasteiger partial charge in [-0.15, -0.1) is 0 Å². The van der Waals surface area contributed by atoms with E-state index in [1.165, 1.54) is 12.1 Å². The Morgan fingerprint density at radius 3 is 2.32 bits per heavy atom. The Labute approximate surface area is 142 Å². The summed E-state index contributed by atoms with van der Waals surface area (Å²) in [6.45, 7) is 0. The van der Waals surface area contributed by atoms with Crippen LogP contribution in [0, 0.1) is 0 Å². The van der Waals surface area contributed by atoms with E-state index in [4.69, 9.17) is 20.6 Å². The smallest absolute Gasteiger partial charge is 0.254 e. The summed E-state index contributed by atoms with van der Waals surface area (Å²) in [4.78, 5) is 27.2. The minimum Gasteiger partial charge on any atom is -0.497 e. The molecule has 0 fully saturated rings. The Balaban J connectivity index is 2.17. The first-order valence-corrected chi connectivity index (χ1v) is 7.34. The molecule has 3 rings (SSSR count). The predicted molar refractivity (Wildman–Crippen MR) is 91.5 cm³/mol. The molecule has 2 aromatic carbocycles. The first-order valence-electron chi connectivity index (χ1n) is 7.34. The number of ether oxygens (including phenoxy) is 1. The van der Waals surface area contributed by atoms with Crippen LogP contribution in [0.1, 0.15) is 20.7 Å². The summed E-state index contributed by atoms with van der Waals surface area (Å²) in [6.07, 6.45) is 0. The Hall–Kier alpha value is -3.61. The highest BCUT2D eigenvalue weighted by molar-refractivity contribution is 5.95. The maximum Gasteiger partial charge on any atom is 0.254 e. The zero-order valence-corrected chi connectivity index (χ0v) is 13.4. The van der Waals surface area contributed by atoms with E-state index in [9.17, 15) is 9.59 Å². The minimum absolute atomic E-state index is 0.0805. The molecule has 0 saturated heterocycles. The Morgan fingerprint density at radius 1 is 1.00 bits per heavy atom. The molecule has 0 spiro atoms. The van der Waals surface area contributed by atoms with Gasteiger partial charge in [0, 0.05) is 10.9 Å². The van der Waals surface area contributed by atoms with Gasteiger partial charge < -0.3 is 20.6 Å². The number of benzene rings is 2. The topological polar surface area (TPSA) is 121 Å². The first kappa shape index (κ1) is 16.3.